The third kappa shape index (κ3) is 2.89. The van der Waals surface area contributed by atoms with Crippen molar-refractivity contribution >= 4 is 0 Å². The maximum atomic E-state index is 5.39. The third-order valence-corrected chi connectivity index (χ3v) is 4.29. The second-order valence-electron chi connectivity index (χ2n) is 5.62. The van der Waals surface area contributed by atoms with Gasteiger partial charge in [0.2, 0.25) is 0 Å². The Balaban J connectivity index is 1.88. The lowest BCUT2D eigenvalue weighted by molar-refractivity contribution is 0.355. The molecule has 4 nitrogen and oxygen atoms in total. The van der Waals surface area contributed by atoms with Gasteiger partial charge in [-0.2, -0.15) is 0 Å². The number of hydrogen-bond donors (Lipinski definition) is 0. The van der Waals surface area contributed by atoms with Crippen molar-refractivity contribution in [2.45, 2.75) is 32.2 Å². The lowest BCUT2D eigenvalue weighted by atomic mass is 10.1. The number of ether oxygens (including phenoxy) is 2. The number of aromatic nitrogens is 2. The number of hydrogen-bond acceptors (Lipinski definition) is 3. The van der Waals surface area contributed by atoms with Gasteiger partial charge in [-0.05, 0) is 37.0 Å². The van der Waals surface area contributed by atoms with Crippen LogP contribution in [0.15, 0.2) is 30.6 Å². The van der Waals surface area contributed by atoms with E-state index in [0.717, 1.165) is 35.3 Å². The lowest BCUT2D eigenvalue weighted by Gasteiger charge is -2.14. The number of rotatable bonds is 5. The monoisotopic (exact) mass is 286 g/mol. The first kappa shape index (κ1) is 14.0. The van der Waals surface area contributed by atoms with Gasteiger partial charge >= 0.3 is 0 Å². The van der Waals surface area contributed by atoms with Gasteiger partial charge in [0.25, 0.3) is 0 Å². The summed E-state index contributed by atoms with van der Waals surface area (Å²) < 4.78 is 12.9. The molecule has 1 aliphatic rings. The summed E-state index contributed by atoms with van der Waals surface area (Å²) in [7, 11) is 3.31. The Morgan fingerprint density at radius 3 is 2.62 bits per heavy atom. The van der Waals surface area contributed by atoms with E-state index < -0.39 is 0 Å². The molecule has 1 aromatic carbocycles. The number of nitrogens with zero attached hydrogens (tertiary/aromatic N) is 2. The maximum Gasteiger partial charge on any atom is 0.161 e. The Morgan fingerprint density at radius 1 is 1.14 bits per heavy atom. The second kappa shape index (κ2) is 6.20. The molecule has 1 aliphatic carbocycles. The Kier molecular flexibility index (Phi) is 4.13. The highest BCUT2D eigenvalue weighted by molar-refractivity contribution is 5.61. The van der Waals surface area contributed by atoms with E-state index >= 15 is 0 Å². The third-order valence-electron chi connectivity index (χ3n) is 4.29. The lowest BCUT2D eigenvalue weighted by Crippen LogP contribution is -2.08. The molecule has 0 unspecified atom stereocenters. The van der Waals surface area contributed by atoms with Gasteiger partial charge in [0, 0.05) is 24.5 Å². The van der Waals surface area contributed by atoms with E-state index in [0.29, 0.717) is 0 Å². The van der Waals surface area contributed by atoms with Crippen molar-refractivity contribution in [1.29, 1.82) is 0 Å². The molecule has 0 N–H and O–H groups in total. The number of benzene rings is 1. The molecule has 3 rings (SSSR count). The zero-order chi connectivity index (χ0) is 14.7. The van der Waals surface area contributed by atoms with Crippen LogP contribution in [0, 0.1) is 5.92 Å². The predicted molar refractivity (Wildman–Crippen MR) is 82.7 cm³/mol. The minimum atomic E-state index is 0.741. The topological polar surface area (TPSA) is 36.3 Å². The predicted octanol–water partition coefficient (Wildman–Crippen LogP) is 3.76. The van der Waals surface area contributed by atoms with Gasteiger partial charge in [-0.15, -0.1) is 0 Å². The largest absolute Gasteiger partial charge is 0.493 e. The Labute approximate surface area is 125 Å². The summed E-state index contributed by atoms with van der Waals surface area (Å²) in [6.45, 7) is 1.06. The van der Waals surface area contributed by atoms with Crippen LogP contribution in [0.25, 0.3) is 11.4 Å². The van der Waals surface area contributed by atoms with Gasteiger partial charge < -0.3 is 14.0 Å². The van der Waals surface area contributed by atoms with Crippen LogP contribution in [0.1, 0.15) is 25.7 Å². The summed E-state index contributed by atoms with van der Waals surface area (Å²) in [5, 5.41) is 0. The van der Waals surface area contributed by atoms with Crippen LogP contribution in [0.4, 0.5) is 0 Å². The second-order valence-corrected chi connectivity index (χ2v) is 5.62. The molecule has 0 aliphatic heterocycles. The zero-order valence-corrected chi connectivity index (χ0v) is 12.7. The van der Waals surface area contributed by atoms with Crippen LogP contribution < -0.4 is 9.47 Å². The molecule has 0 radical (unpaired) electrons. The summed E-state index contributed by atoms with van der Waals surface area (Å²) in [4.78, 5) is 4.53. The fourth-order valence-electron chi connectivity index (χ4n) is 3.16. The van der Waals surface area contributed by atoms with Crippen molar-refractivity contribution in [3.63, 3.8) is 0 Å². The molecule has 1 heterocycles. The molecule has 4 heteroatoms. The van der Waals surface area contributed by atoms with Crippen LogP contribution in [0.2, 0.25) is 0 Å². The first-order valence-electron chi connectivity index (χ1n) is 7.55. The smallest absolute Gasteiger partial charge is 0.161 e. The average Bonchev–Trinajstić information content (AvgIpc) is 3.19. The molecule has 21 heavy (non-hydrogen) atoms. The van der Waals surface area contributed by atoms with Crippen LogP contribution in [0.5, 0.6) is 11.5 Å². The van der Waals surface area contributed by atoms with E-state index in [1.54, 1.807) is 14.2 Å². The van der Waals surface area contributed by atoms with Crippen LogP contribution in [-0.2, 0) is 6.54 Å². The van der Waals surface area contributed by atoms with Gasteiger partial charge in [0.15, 0.2) is 11.5 Å². The van der Waals surface area contributed by atoms with Crippen molar-refractivity contribution in [1.82, 2.24) is 9.55 Å². The molecule has 2 aromatic rings. The summed E-state index contributed by atoms with van der Waals surface area (Å²) in [5.74, 6) is 3.28. The highest BCUT2D eigenvalue weighted by atomic mass is 16.5. The Bertz CT molecular complexity index is 601. The van der Waals surface area contributed by atoms with E-state index in [1.165, 1.54) is 25.7 Å². The average molecular weight is 286 g/mol. The summed E-state index contributed by atoms with van der Waals surface area (Å²) in [6, 6.07) is 5.96. The molecule has 1 fully saturated rings. The van der Waals surface area contributed by atoms with Crippen molar-refractivity contribution < 1.29 is 9.47 Å². The van der Waals surface area contributed by atoms with Crippen molar-refractivity contribution in [2.75, 3.05) is 14.2 Å². The summed E-state index contributed by atoms with van der Waals surface area (Å²) in [5.41, 5.74) is 1.07. The van der Waals surface area contributed by atoms with E-state index in [4.69, 9.17) is 9.47 Å². The molecule has 0 spiro atoms. The molecule has 0 amide bonds. The molecular formula is C17H22N2O2. The minimum absolute atomic E-state index is 0.741. The van der Waals surface area contributed by atoms with Gasteiger partial charge in [-0.1, -0.05) is 12.8 Å². The first-order chi connectivity index (χ1) is 10.3. The van der Waals surface area contributed by atoms with E-state index in [1.807, 2.05) is 24.4 Å². The maximum absolute atomic E-state index is 5.39. The summed E-state index contributed by atoms with van der Waals surface area (Å²) >= 11 is 0. The van der Waals surface area contributed by atoms with Crippen LogP contribution in [0.3, 0.4) is 0 Å². The number of methoxy groups -OCH3 is 2. The highest BCUT2D eigenvalue weighted by Crippen LogP contribution is 2.33. The molecule has 0 atom stereocenters. The standard InChI is InChI=1S/C17H22N2O2/c1-20-15-8-7-14(11-16(15)21-2)17-18-9-10-19(17)12-13-5-3-4-6-13/h7-11,13H,3-6,12H2,1-2H3. The molecule has 0 bridgehead atoms. The molecular weight excluding hydrogens is 264 g/mol. The fraction of sp³-hybridized carbons (Fsp3) is 0.471. The van der Waals surface area contributed by atoms with Crippen molar-refractivity contribution in [3.05, 3.63) is 30.6 Å². The van der Waals surface area contributed by atoms with Crippen molar-refractivity contribution in [3.8, 4) is 22.9 Å². The quantitative estimate of drug-likeness (QED) is 0.839. The van der Waals surface area contributed by atoms with E-state index in [9.17, 15) is 0 Å². The fourth-order valence-corrected chi connectivity index (χ4v) is 3.16. The Hall–Kier alpha value is -1.97. The van der Waals surface area contributed by atoms with Crippen LogP contribution >= 0.6 is 0 Å². The van der Waals surface area contributed by atoms with Crippen LogP contribution in [-0.4, -0.2) is 23.8 Å². The zero-order valence-electron chi connectivity index (χ0n) is 12.7. The highest BCUT2D eigenvalue weighted by Gasteiger charge is 2.17. The normalized spacial score (nSPS) is 15.3. The van der Waals surface area contributed by atoms with E-state index in [2.05, 4.69) is 15.7 Å². The molecule has 0 saturated heterocycles. The van der Waals surface area contributed by atoms with E-state index in [-0.39, 0.29) is 0 Å². The number of imidazole rings is 1. The van der Waals surface area contributed by atoms with Gasteiger partial charge in [-0.25, -0.2) is 4.98 Å². The SMILES string of the molecule is COc1ccc(-c2nccn2CC2CCCC2)cc1OC. The molecule has 112 valence electrons. The molecule has 1 aromatic heterocycles. The minimum Gasteiger partial charge on any atom is -0.493 e. The van der Waals surface area contributed by atoms with Gasteiger partial charge in [-0.3, -0.25) is 0 Å². The first-order valence-corrected chi connectivity index (χ1v) is 7.55. The summed E-state index contributed by atoms with van der Waals surface area (Å²) in [6.07, 6.45) is 9.36. The Morgan fingerprint density at radius 2 is 1.90 bits per heavy atom. The van der Waals surface area contributed by atoms with Crippen molar-refractivity contribution in [2.24, 2.45) is 5.92 Å². The van der Waals surface area contributed by atoms with Gasteiger partial charge in [0.1, 0.15) is 5.82 Å². The van der Waals surface area contributed by atoms with Gasteiger partial charge in [0.05, 0.1) is 14.2 Å². The molecule has 1 saturated carbocycles.